The molecular formula is C14H25N3. The Kier molecular flexibility index (Phi) is 3.87. The Morgan fingerprint density at radius 1 is 1.29 bits per heavy atom. The van der Waals surface area contributed by atoms with E-state index in [1.807, 2.05) is 6.21 Å². The smallest absolute Gasteiger partial charge is 0.0319 e. The molecule has 96 valence electrons. The van der Waals surface area contributed by atoms with Gasteiger partial charge < -0.3 is 0 Å². The van der Waals surface area contributed by atoms with E-state index in [1.165, 1.54) is 19.3 Å². The summed E-state index contributed by atoms with van der Waals surface area (Å²) in [6.45, 7) is 9.23. The van der Waals surface area contributed by atoms with Crippen LogP contribution in [-0.4, -0.2) is 12.3 Å². The summed E-state index contributed by atoms with van der Waals surface area (Å²) >= 11 is 0. The van der Waals surface area contributed by atoms with E-state index in [-0.39, 0.29) is 0 Å². The summed E-state index contributed by atoms with van der Waals surface area (Å²) < 4.78 is 0. The van der Waals surface area contributed by atoms with Crippen molar-refractivity contribution in [3.05, 3.63) is 11.1 Å². The summed E-state index contributed by atoms with van der Waals surface area (Å²) in [5, 5.41) is 4.19. The van der Waals surface area contributed by atoms with E-state index in [9.17, 15) is 0 Å². The van der Waals surface area contributed by atoms with Gasteiger partial charge in [0.25, 0.3) is 0 Å². The molecule has 0 bridgehead atoms. The molecule has 2 rings (SSSR count). The third-order valence-corrected chi connectivity index (χ3v) is 4.34. The number of hydrazone groups is 1. The van der Waals surface area contributed by atoms with Gasteiger partial charge >= 0.3 is 0 Å². The van der Waals surface area contributed by atoms with E-state index >= 15 is 0 Å². The van der Waals surface area contributed by atoms with Crippen molar-refractivity contribution in [3.63, 3.8) is 0 Å². The Balaban J connectivity index is 2.32. The van der Waals surface area contributed by atoms with Crippen LogP contribution in [0, 0.1) is 17.8 Å². The first-order chi connectivity index (χ1) is 8.11. The zero-order valence-corrected chi connectivity index (χ0v) is 11.5. The first-order valence-electron chi connectivity index (χ1n) is 6.84. The number of allylic oxidation sites excluding steroid dienone is 1. The van der Waals surface area contributed by atoms with Gasteiger partial charge in [-0.15, -0.1) is 0 Å². The first kappa shape index (κ1) is 12.6. The first-order valence-corrected chi connectivity index (χ1v) is 6.84. The third kappa shape index (κ3) is 2.54. The summed E-state index contributed by atoms with van der Waals surface area (Å²) in [7, 11) is 0. The molecule has 0 spiro atoms. The van der Waals surface area contributed by atoms with Gasteiger partial charge in [-0.25, -0.2) is 11.0 Å². The van der Waals surface area contributed by atoms with E-state index in [0.29, 0.717) is 17.9 Å². The van der Waals surface area contributed by atoms with Crippen LogP contribution in [0.15, 0.2) is 16.2 Å². The highest BCUT2D eigenvalue weighted by molar-refractivity contribution is 5.61. The van der Waals surface area contributed by atoms with Crippen molar-refractivity contribution in [2.45, 2.75) is 53.0 Å². The van der Waals surface area contributed by atoms with Gasteiger partial charge in [0.05, 0.1) is 0 Å². The zero-order valence-electron chi connectivity index (χ0n) is 11.5. The number of rotatable bonds is 1. The molecule has 0 aromatic rings. The van der Waals surface area contributed by atoms with Crippen LogP contribution in [0.3, 0.4) is 0 Å². The molecular weight excluding hydrogens is 210 g/mol. The van der Waals surface area contributed by atoms with Crippen molar-refractivity contribution >= 4 is 6.21 Å². The maximum Gasteiger partial charge on any atom is 0.0319 e. The van der Waals surface area contributed by atoms with Crippen molar-refractivity contribution in [1.82, 2.24) is 11.0 Å². The molecule has 2 aliphatic rings. The van der Waals surface area contributed by atoms with Crippen LogP contribution in [0.25, 0.3) is 0 Å². The maximum absolute atomic E-state index is 4.19. The van der Waals surface area contributed by atoms with Crippen LogP contribution >= 0.6 is 0 Å². The summed E-state index contributed by atoms with van der Waals surface area (Å²) in [5.74, 6) is 1.80. The molecule has 3 unspecified atom stereocenters. The van der Waals surface area contributed by atoms with E-state index in [2.05, 4.69) is 43.8 Å². The lowest BCUT2D eigenvalue weighted by Crippen LogP contribution is -2.42. The summed E-state index contributed by atoms with van der Waals surface area (Å²) in [6, 6.07) is 0.429. The SMILES string of the molecule is CC1=C(C2C(C)C=NNN[C@H]2C)C(C)CCC1. The molecule has 1 aliphatic carbocycles. The predicted octanol–water partition coefficient (Wildman–Crippen LogP) is 2.86. The quantitative estimate of drug-likeness (QED) is 0.686. The van der Waals surface area contributed by atoms with Gasteiger partial charge in [-0.1, -0.05) is 25.0 Å². The van der Waals surface area contributed by atoms with Crippen molar-refractivity contribution < 1.29 is 0 Å². The number of hydrazine groups is 1. The van der Waals surface area contributed by atoms with Crippen LogP contribution in [-0.2, 0) is 0 Å². The van der Waals surface area contributed by atoms with Gasteiger partial charge in [0.1, 0.15) is 0 Å². The highest BCUT2D eigenvalue weighted by atomic mass is 15.6. The molecule has 3 heteroatoms. The monoisotopic (exact) mass is 235 g/mol. The second-order valence-corrected chi connectivity index (χ2v) is 5.74. The van der Waals surface area contributed by atoms with E-state index in [0.717, 1.165) is 5.92 Å². The Labute approximate surface area is 105 Å². The molecule has 2 N–H and O–H groups in total. The van der Waals surface area contributed by atoms with Gasteiger partial charge in [0.15, 0.2) is 0 Å². The summed E-state index contributed by atoms with van der Waals surface area (Å²) in [4.78, 5) is 0. The summed E-state index contributed by atoms with van der Waals surface area (Å²) in [5.41, 5.74) is 9.50. The average molecular weight is 235 g/mol. The number of nitrogens with zero attached hydrogens (tertiary/aromatic N) is 1. The Bertz CT molecular complexity index is 332. The molecule has 0 fully saturated rings. The lowest BCUT2D eigenvalue weighted by molar-refractivity contribution is 0.319. The molecule has 1 heterocycles. The molecule has 3 nitrogen and oxygen atoms in total. The number of nitrogens with one attached hydrogen (secondary N) is 2. The fourth-order valence-electron chi connectivity index (χ4n) is 3.49. The molecule has 0 aromatic heterocycles. The molecule has 0 saturated carbocycles. The van der Waals surface area contributed by atoms with Gasteiger partial charge in [-0.05, 0) is 39.0 Å². The fourth-order valence-corrected chi connectivity index (χ4v) is 3.49. The minimum atomic E-state index is 0.429. The molecule has 0 amide bonds. The molecule has 4 atom stereocenters. The van der Waals surface area contributed by atoms with Crippen molar-refractivity contribution in [2.75, 3.05) is 0 Å². The lowest BCUT2D eigenvalue weighted by Gasteiger charge is -2.36. The van der Waals surface area contributed by atoms with Crippen LogP contribution in [0.5, 0.6) is 0 Å². The number of hydrogen-bond acceptors (Lipinski definition) is 3. The van der Waals surface area contributed by atoms with Gasteiger partial charge in [-0.3, -0.25) is 0 Å². The Hall–Kier alpha value is -0.830. The molecule has 0 aromatic carbocycles. The topological polar surface area (TPSA) is 36.4 Å². The molecule has 1 aliphatic heterocycles. The van der Waals surface area contributed by atoms with Gasteiger partial charge in [-0.2, -0.15) is 5.10 Å². The highest BCUT2D eigenvalue weighted by Crippen LogP contribution is 2.38. The maximum atomic E-state index is 4.19. The fraction of sp³-hybridized carbons (Fsp3) is 0.786. The van der Waals surface area contributed by atoms with Crippen molar-refractivity contribution in [2.24, 2.45) is 22.9 Å². The minimum absolute atomic E-state index is 0.429. The standard InChI is InChI=1S/C14H25N3/c1-9-6-5-7-10(2)13(9)14-11(3)8-15-17-16-12(14)4/h8-9,11-12,14,16-17H,5-7H2,1-4H3/t9?,11?,12-,14?/m0/s1. The second kappa shape index (κ2) is 5.21. The summed E-state index contributed by atoms with van der Waals surface area (Å²) in [6.07, 6.45) is 6.02. The van der Waals surface area contributed by atoms with Crippen LogP contribution in [0.2, 0.25) is 0 Å². The van der Waals surface area contributed by atoms with E-state index < -0.39 is 0 Å². The minimum Gasteiger partial charge on any atom is -0.243 e. The molecule has 0 radical (unpaired) electrons. The van der Waals surface area contributed by atoms with E-state index in [1.54, 1.807) is 11.1 Å². The van der Waals surface area contributed by atoms with Gasteiger partial charge in [0.2, 0.25) is 0 Å². The Morgan fingerprint density at radius 2 is 2.06 bits per heavy atom. The van der Waals surface area contributed by atoms with E-state index in [4.69, 9.17) is 0 Å². The van der Waals surface area contributed by atoms with Gasteiger partial charge in [0, 0.05) is 24.1 Å². The third-order valence-electron chi connectivity index (χ3n) is 4.34. The van der Waals surface area contributed by atoms with Crippen LogP contribution in [0.4, 0.5) is 0 Å². The highest BCUT2D eigenvalue weighted by Gasteiger charge is 2.32. The lowest BCUT2D eigenvalue weighted by atomic mass is 9.71. The van der Waals surface area contributed by atoms with Crippen LogP contribution < -0.4 is 11.0 Å². The number of hydrogen-bond donors (Lipinski definition) is 2. The predicted molar refractivity (Wildman–Crippen MR) is 72.6 cm³/mol. The van der Waals surface area contributed by atoms with Crippen molar-refractivity contribution in [1.29, 1.82) is 0 Å². The molecule has 0 saturated heterocycles. The average Bonchev–Trinajstić information content (AvgIpc) is 2.43. The zero-order chi connectivity index (χ0) is 12.4. The second-order valence-electron chi connectivity index (χ2n) is 5.74. The Morgan fingerprint density at radius 3 is 2.76 bits per heavy atom. The van der Waals surface area contributed by atoms with Crippen LogP contribution in [0.1, 0.15) is 47.0 Å². The normalized spacial score (nSPS) is 38.8. The molecule has 17 heavy (non-hydrogen) atoms. The van der Waals surface area contributed by atoms with Crippen molar-refractivity contribution in [3.8, 4) is 0 Å². The largest absolute Gasteiger partial charge is 0.243 e.